The molecule has 0 amide bonds. The molecular weight excluding hydrogens is 289 g/mol. The Morgan fingerprint density at radius 2 is 2.10 bits per heavy atom. The first-order valence-electron chi connectivity index (χ1n) is 7.63. The number of halogens is 2. The summed E-state index contributed by atoms with van der Waals surface area (Å²) in [5.74, 6) is 1.11. The smallest absolute Gasteiger partial charge is 0.151 e. The molecule has 0 radical (unpaired) electrons. The Hall–Kier alpha value is -1.13. The van der Waals surface area contributed by atoms with E-state index in [0.29, 0.717) is 17.8 Å². The second-order valence-electron chi connectivity index (χ2n) is 5.16. The van der Waals surface area contributed by atoms with Gasteiger partial charge in [-0.25, -0.2) is 9.37 Å². The molecule has 2 rings (SSSR count). The largest absolute Gasteiger partial charge is 0.327 e. The molecule has 2 aromatic rings. The molecule has 1 heterocycles. The van der Waals surface area contributed by atoms with Crippen molar-refractivity contribution in [2.45, 2.75) is 33.2 Å². The van der Waals surface area contributed by atoms with E-state index in [9.17, 15) is 4.39 Å². The Balaban J connectivity index is 2.27. The lowest BCUT2D eigenvalue weighted by molar-refractivity contribution is 0.277. The van der Waals surface area contributed by atoms with Gasteiger partial charge in [-0.15, -0.1) is 11.6 Å². The van der Waals surface area contributed by atoms with Crippen LogP contribution in [0.1, 0.15) is 26.1 Å². The van der Waals surface area contributed by atoms with Crippen LogP contribution in [0.15, 0.2) is 18.2 Å². The number of rotatable bonds is 8. The molecule has 21 heavy (non-hydrogen) atoms. The number of hydrogen-bond donors (Lipinski definition) is 0. The average molecular weight is 312 g/mol. The van der Waals surface area contributed by atoms with Crippen molar-refractivity contribution in [1.82, 2.24) is 14.5 Å². The number of aromatic nitrogens is 2. The molecule has 0 aliphatic heterocycles. The fourth-order valence-corrected chi connectivity index (χ4v) is 2.84. The summed E-state index contributed by atoms with van der Waals surface area (Å²) in [6.45, 7) is 8.23. The van der Waals surface area contributed by atoms with E-state index in [2.05, 4.69) is 28.3 Å². The quantitative estimate of drug-likeness (QED) is 0.693. The van der Waals surface area contributed by atoms with Crippen LogP contribution in [-0.4, -0.2) is 40.0 Å². The van der Waals surface area contributed by atoms with Crippen molar-refractivity contribution in [2.75, 3.05) is 25.5 Å². The molecule has 0 unspecified atom stereocenters. The molecule has 116 valence electrons. The third-order valence-electron chi connectivity index (χ3n) is 3.75. The number of para-hydroxylation sites is 1. The third-order valence-corrected chi connectivity index (χ3v) is 3.94. The summed E-state index contributed by atoms with van der Waals surface area (Å²) in [6, 6.07) is 5.13. The summed E-state index contributed by atoms with van der Waals surface area (Å²) in [7, 11) is 0. The Labute approximate surface area is 130 Å². The zero-order valence-corrected chi connectivity index (χ0v) is 13.5. The van der Waals surface area contributed by atoms with Gasteiger partial charge in [0.15, 0.2) is 5.82 Å². The van der Waals surface area contributed by atoms with E-state index < -0.39 is 0 Å². The molecule has 0 saturated heterocycles. The molecule has 3 nitrogen and oxygen atoms in total. The molecule has 1 aromatic carbocycles. The highest BCUT2D eigenvalue weighted by molar-refractivity contribution is 6.17. The topological polar surface area (TPSA) is 21.1 Å². The summed E-state index contributed by atoms with van der Waals surface area (Å²) in [6.07, 6.45) is 1.80. The number of hydrogen-bond acceptors (Lipinski definition) is 2. The number of likely N-dealkylation sites (N-methyl/N-ethyl adjacent to an activating group) is 1. The molecule has 0 fully saturated rings. The predicted molar refractivity (Wildman–Crippen MR) is 86.5 cm³/mol. The van der Waals surface area contributed by atoms with Crippen molar-refractivity contribution < 1.29 is 4.39 Å². The summed E-state index contributed by atoms with van der Waals surface area (Å²) < 4.78 is 16.0. The van der Waals surface area contributed by atoms with Crippen LogP contribution in [0.3, 0.4) is 0 Å². The van der Waals surface area contributed by atoms with Crippen LogP contribution < -0.4 is 0 Å². The minimum atomic E-state index is -0.261. The van der Waals surface area contributed by atoms with Crippen molar-refractivity contribution >= 4 is 22.6 Å². The van der Waals surface area contributed by atoms with Crippen LogP contribution in [0.25, 0.3) is 11.0 Å². The average Bonchev–Trinajstić information content (AvgIpc) is 2.83. The monoisotopic (exact) mass is 311 g/mol. The highest BCUT2D eigenvalue weighted by Gasteiger charge is 2.14. The highest BCUT2D eigenvalue weighted by Crippen LogP contribution is 2.20. The fraction of sp³-hybridized carbons (Fsp3) is 0.562. The molecule has 0 aliphatic rings. The Morgan fingerprint density at radius 1 is 1.29 bits per heavy atom. The number of imidazole rings is 1. The molecule has 0 saturated carbocycles. The van der Waals surface area contributed by atoms with Gasteiger partial charge in [0.05, 0.1) is 5.52 Å². The van der Waals surface area contributed by atoms with E-state index in [1.165, 1.54) is 6.07 Å². The molecule has 0 spiro atoms. The molecule has 5 heteroatoms. The Morgan fingerprint density at radius 3 is 2.76 bits per heavy atom. The molecule has 0 aliphatic carbocycles. The molecule has 0 atom stereocenters. The predicted octanol–water partition coefficient (Wildman–Crippen LogP) is 3.69. The van der Waals surface area contributed by atoms with Crippen molar-refractivity contribution in [3.05, 3.63) is 29.8 Å². The van der Waals surface area contributed by atoms with Gasteiger partial charge in [0.1, 0.15) is 11.3 Å². The van der Waals surface area contributed by atoms with Gasteiger partial charge in [0, 0.05) is 25.4 Å². The normalized spacial score (nSPS) is 11.7. The summed E-state index contributed by atoms with van der Waals surface area (Å²) in [5.41, 5.74) is 1.32. The van der Waals surface area contributed by atoms with E-state index in [1.807, 2.05) is 6.07 Å². The van der Waals surface area contributed by atoms with Gasteiger partial charge in [0.25, 0.3) is 0 Å². The number of fused-ring (bicyclic) bond motifs is 1. The van der Waals surface area contributed by atoms with Crippen LogP contribution in [0.5, 0.6) is 0 Å². The number of nitrogens with zero attached hydrogens (tertiary/aromatic N) is 3. The van der Waals surface area contributed by atoms with Gasteiger partial charge in [-0.2, -0.15) is 0 Å². The number of benzene rings is 1. The first-order valence-corrected chi connectivity index (χ1v) is 8.16. The summed E-state index contributed by atoms with van der Waals surface area (Å²) in [4.78, 5) is 6.84. The van der Waals surface area contributed by atoms with E-state index in [1.54, 1.807) is 6.07 Å². The van der Waals surface area contributed by atoms with Crippen molar-refractivity contribution in [3.8, 4) is 0 Å². The van der Waals surface area contributed by atoms with Gasteiger partial charge >= 0.3 is 0 Å². The van der Waals surface area contributed by atoms with Crippen molar-refractivity contribution in [1.29, 1.82) is 0 Å². The third kappa shape index (κ3) is 3.74. The zero-order valence-electron chi connectivity index (χ0n) is 12.8. The highest BCUT2D eigenvalue weighted by atomic mass is 35.5. The zero-order chi connectivity index (χ0) is 15.2. The van der Waals surface area contributed by atoms with Gasteiger partial charge in [0.2, 0.25) is 0 Å². The Kier molecular flexibility index (Phi) is 6.00. The van der Waals surface area contributed by atoms with Crippen LogP contribution >= 0.6 is 11.6 Å². The minimum Gasteiger partial charge on any atom is -0.327 e. The van der Waals surface area contributed by atoms with Gasteiger partial charge in [-0.1, -0.05) is 19.9 Å². The maximum absolute atomic E-state index is 13.9. The first kappa shape index (κ1) is 16.2. The van der Waals surface area contributed by atoms with E-state index in [4.69, 9.17) is 11.6 Å². The van der Waals surface area contributed by atoms with E-state index in [0.717, 1.165) is 43.9 Å². The van der Waals surface area contributed by atoms with Crippen LogP contribution in [0, 0.1) is 5.82 Å². The number of aryl methyl sites for hydroxylation is 1. The summed E-state index contributed by atoms with van der Waals surface area (Å²) in [5, 5.41) is 0. The maximum Gasteiger partial charge on any atom is 0.151 e. The van der Waals surface area contributed by atoms with Gasteiger partial charge in [-0.05, 0) is 31.6 Å². The summed E-state index contributed by atoms with van der Waals surface area (Å²) >= 11 is 5.86. The fourth-order valence-electron chi connectivity index (χ4n) is 2.67. The first-order chi connectivity index (χ1) is 10.2. The molecule has 0 bridgehead atoms. The van der Waals surface area contributed by atoms with E-state index in [-0.39, 0.29) is 5.82 Å². The van der Waals surface area contributed by atoms with Crippen molar-refractivity contribution in [2.24, 2.45) is 0 Å². The second-order valence-corrected chi connectivity index (χ2v) is 5.54. The molecule has 1 aromatic heterocycles. The standard InChI is InChI=1S/C16H23ClFN3/c1-3-10-20(4-2)11-12-21-14-7-5-6-13(18)16(14)19-15(21)8-9-17/h5-7H,3-4,8-12H2,1-2H3. The lowest BCUT2D eigenvalue weighted by Crippen LogP contribution is -2.28. The minimum absolute atomic E-state index is 0.261. The van der Waals surface area contributed by atoms with E-state index >= 15 is 0 Å². The number of alkyl halides is 1. The SMILES string of the molecule is CCCN(CC)CCn1c(CCCl)nc2c(F)cccc21. The van der Waals surface area contributed by atoms with Gasteiger partial charge < -0.3 is 9.47 Å². The lowest BCUT2D eigenvalue weighted by atomic mass is 10.3. The van der Waals surface area contributed by atoms with Crippen molar-refractivity contribution in [3.63, 3.8) is 0 Å². The molecule has 0 N–H and O–H groups in total. The second kappa shape index (κ2) is 7.76. The van der Waals surface area contributed by atoms with Crippen LogP contribution in [0.2, 0.25) is 0 Å². The van der Waals surface area contributed by atoms with Gasteiger partial charge in [-0.3, -0.25) is 0 Å². The molecular formula is C16H23ClFN3. The lowest BCUT2D eigenvalue weighted by Gasteiger charge is -2.20. The maximum atomic E-state index is 13.9. The van der Waals surface area contributed by atoms with Crippen LogP contribution in [-0.2, 0) is 13.0 Å². The van der Waals surface area contributed by atoms with Crippen LogP contribution in [0.4, 0.5) is 4.39 Å². The Bertz CT molecular complexity index is 582.